The minimum absolute atomic E-state index is 0.0981. The molecule has 0 aliphatic carbocycles. The highest BCUT2D eigenvalue weighted by Crippen LogP contribution is 2.40. The third-order valence-electron chi connectivity index (χ3n) is 2.52. The summed E-state index contributed by atoms with van der Waals surface area (Å²) in [6.07, 6.45) is 0. The molecule has 0 aromatic heterocycles. The largest absolute Gasteiger partial charge is 0.508 e. The van der Waals surface area contributed by atoms with Gasteiger partial charge in [-0.25, -0.2) is 0 Å². The number of rotatable bonds is 4. The molecule has 0 atom stereocenters. The van der Waals surface area contributed by atoms with Crippen LogP contribution in [0.1, 0.15) is 22.3 Å². The molecule has 0 aliphatic rings. The Labute approximate surface area is 97.3 Å². The number of aliphatic hydroxyl groups is 4. The second-order valence-electron chi connectivity index (χ2n) is 3.43. The second-order valence-corrected chi connectivity index (χ2v) is 3.43. The van der Waals surface area contributed by atoms with Gasteiger partial charge in [-0.2, -0.15) is 0 Å². The highest BCUT2D eigenvalue weighted by atomic mass is 16.3. The van der Waals surface area contributed by atoms with Gasteiger partial charge in [0.05, 0.1) is 25.4 Å². The fourth-order valence-electron chi connectivity index (χ4n) is 1.69. The third-order valence-corrected chi connectivity index (χ3v) is 2.52. The molecule has 6 heteroatoms. The minimum atomic E-state index is -0.660. The van der Waals surface area contributed by atoms with Crippen molar-refractivity contribution in [2.75, 3.05) is 0 Å². The summed E-state index contributed by atoms with van der Waals surface area (Å²) in [5.74, 6) is -1.56. The molecule has 1 aromatic rings. The molecular formula is C11H14O6. The topological polar surface area (TPSA) is 121 Å². The van der Waals surface area contributed by atoms with Crippen LogP contribution in [0.3, 0.4) is 0 Å². The Kier molecular flexibility index (Phi) is 3.95. The van der Waals surface area contributed by atoms with E-state index in [4.69, 9.17) is 15.3 Å². The van der Waals surface area contributed by atoms with Gasteiger partial charge in [-0.05, 0) is 0 Å². The highest BCUT2D eigenvalue weighted by Gasteiger charge is 2.23. The van der Waals surface area contributed by atoms with Crippen molar-refractivity contribution < 1.29 is 30.6 Å². The monoisotopic (exact) mass is 242 g/mol. The van der Waals surface area contributed by atoms with Crippen molar-refractivity contribution in [3.05, 3.63) is 28.8 Å². The van der Waals surface area contributed by atoms with Gasteiger partial charge in [-0.1, -0.05) is 6.58 Å². The van der Waals surface area contributed by atoms with Crippen LogP contribution in [0.4, 0.5) is 0 Å². The van der Waals surface area contributed by atoms with Crippen LogP contribution in [-0.4, -0.2) is 30.6 Å². The van der Waals surface area contributed by atoms with Gasteiger partial charge in [-0.15, -0.1) is 0 Å². The lowest BCUT2D eigenvalue weighted by molar-refractivity contribution is 0.244. The van der Waals surface area contributed by atoms with Crippen molar-refractivity contribution in [2.24, 2.45) is 0 Å². The average Bonchev–Trinajstić information content (AvgIpc) is 2.29. The fourth-order valence-corrected chi connectivity index (χ4v) is 1.69. The Morgan fingerprint density at radius 3 is 1.59 bits per heavy atom. The molecule has 0 saturated heterocycles. The molecule has 0 heterocycles. The maximum Gasteiger partial charge on any atom is 0.133 e. The number of aromatic hydroxyl groups is 2. The lowest BCUT2D eigenvalue weighted by atomic mass is 9.95. The van der Waals surface area contributed by atoms with Crippen molar-refractivity contribution in [1.29, 1.82) is 0 Å². The van der Waals surface area contributed by atoms with Crippen LogP contribution in [-0.2, 0) is 19.8 Å². The van der Waals surface area contributed by atoms with E-state index in [-0.39, 0.29) is 22.3 Å². The molecule has 0 unspecified atom stereocenters. The minimum Gasteiger partial charge on any atom is -0.508 e. The quantitative estimate of drug-likeness (QED) is 0.329. The first kappa shape index (κ1) is 13.3. The summed E-state index contributed by atoms with van der Waals surface area (Å²) in [5, 5.41) is 56.1. The summed E-state index contributed by atoms with van der Waals surface area (Å²) in [6, 6.07) is 0. The normalized spacial score (nSPS) is 10.5. The SMILES string of the molecule is C=C(O)c1c(O)c(CO)c(CO)c(O)c1CO. The van der Waals surface area contributed by atoms with E-state index in [0.717, 1.165) is 0 Å². The van der Waals surface area contributed by atoms with Crippen molar-refractivity contribution in [2.45, 2.75) is 19.8 Å². The summed E-state index contributed by atoms with van der Waals surface area (Å²) in [4.78, 5) is 0. The molecule has 6 nitrogen and oxygen atoms in total. The summed E-state index contributed by atoms with van der Waals surface area (Å²) < 4.78 is 0. The zero-order valence-corrected chi connectivity index (χ0v) is 9.01. The van der Waals surface area contributed by atoms with Crippen molar-refractivity contribution >= 4 is 5.76 Å². The van der Waals surface area contributed by atoms with Gasteiger partial charge < -0.3 is 30.6 Å². The van der Waals surface area contributed by atoms with E-state index in [9.17, 15) is 15.3 Å². The fraction of sp³-hybridized carbons (Fsp3) is 0.273. The molecule has 0 aliphatic heterocycles. The van der Waals surface area contributed by atoms with Crippen LogP contribution in [0.15, 0.2) is 6.58 Å². The molecule has 0 bridgehead atoms. The third kappa shape index (κ3) is 2.05. The highest BCUT2D eigenvalue weighted by molar-refractivity contribution is 5.72. The molecule has 94 valence electrons. The lowest BCUT2D eigenvalue weighted by Crippen LogP contribution is -2.04. The van der Waals surface area contributed by atoms with Gasteiger partial charge in [-0.3, -0.25) is 0 Å². The standard InChI is InChI=1S/C11H14O6/c1-5(15)9-8(4-14)10(16)6(2-12)7(3-13)11(9)17/h12-17H,1-4H2. The Morgan fingerprint density at radius 2 is 1.24 bits per heavy atom. The van der Waals surface area contributed by atoms with Gasteiger partial charge >= 0.3 is 0 Å². The van der Waals surface area contributed by atoms with Crippen LogP contribution in [0.5, 0.6) is 11.5 Å². The summed E-state index contributed by atoms with van der Waals surface area (Å²) >= 11 is 0. The number of benzene rings is 1. The van der Waals surface area contributed by atoms with Crippen molar-refractivity contribution in [1.82, 2.24) is 0 Å². The number of hydrogen-bond donors (Lipinski definition) is 6. The first-order chi connectivity index (χ1) is 7.99. The molecule has 17 heavy (non-hydrogen) atoms. The van der Waals surface area contributed by atoms with E-state index < -0.39 is 37.1 Å². The van der Waals surface area contributed by atoms with Crippen LogP contribution in [0.25, 0.3) is 5.76 Å². The first-order valence-electron chi connectivity index (χ1n) is 4.78. The smallest absolute Gasteiger partial charge is 0.133 e. The molecule has 0 amide bonds. The number of hydrogen-bond acceptors (Lipinski definition) is 6. The van der Waals surface area contributed by atoms with Crippen LogP contribution in [0.2, 0.25) is 0 Å². The van der Waals surface area contributed by atoms with Crippen LogP contribution >= 0.6 is 0 Å². The number of phenols is 2. The molecule has 1 rings (SSSR count). The zero-order chi connectivity index (χ0) is 13.2. The number of aliphatic hydroxyl groups excluding tert-OH is 4. The molecule has 0 radical (unpaired) electrons. The average molecular weight is 242 g/mol. The Morgan fingerprint density at radius 1 is 0.824 bits per heavy atom. The molecular weight excluding hydrogens is 228 g/mol. The molecule has 0 fully saturated rings. The van der Waals surface area contributed by atoms with E-state index in [1.165, 1.54) is 0 Å². The van der Waals surface area contributed by atoms with E-state index in [1.54, 1.807) is 0 Å². The zero-order valence-electron chi connectivity index (χ0n) is 9.01. The maximum absolute atomic E-state index is 9.79. The summed E-state index contributed by atoms with van der Waals surface area (Å²) in [7, 11) is 0. The predicted molar refractivity (Wildman–Crippen MR) is 59.2 cm³/mol. The van der Waals surface area contributed by atoms with Gasteiger partial charge in [0, 0.05) is 16.7 Å². The van der Waals surface area contributed by atoms with E-state index >= 15 is 0 Å². The van der Waals surface area contributed by atoms with Crippen LogP contribution < -0.4 is 0 Å². The van der Waals surface area contributed by atoms with Crippen molar-refractivity contribution in [3.8, 4) is 11.5 Å². The Balaban J connectivity index is 3.73. The predicted octanol–water partition coefficient (Wildman–Crippen LogP) is 0.103. The van der Waals surface area contributed by atoms with Gasteiger partial charge in [0.2, 0.25) is 0 Å². The maximum atomic E-state index is 9.79. The molecule has 6 N–H and O–H groups in total. The Bertz CT molecular complexity index is 452. The molecule has 0 spiro atoms. The van der Waals surface area contributed by atoms with E-state index in [0.29, 0.717) is 0 Å². The molecule has 0 saturated carbocycles. The Hall–Kier alpha value is -1.76. The lowest BCUT2D eigenvalue weighted by Gasteiger charge is -2.17. The van der Waals surface area contributed by atoms with Gasteiger partial charge in [0.1, 0.15) is 17.3 Å². The van der Waals surface area contributed by atoms with Crippen LogP contribution in [0, 0.1) is 0 Å². The summed E-state index contributed by atoms with van der Waals surface area (Å²) in [6.45, 7) is 1.27. The van der Waals surface area contributed by atoms with E-state index in [1.807, 2.05) is 0 Å². The summed E-state index contributed by atoms with van der Waals surface area (Å²) in [5.41, 5.74) is -0.617. The van der Waals surface area contributed by atoms with Crippen molar-refractivity contribution in [3.63, 3.8) is 0 Å². The second kappa shape index (κ2) is 5.05. The van der Waals surface area contributed by atoms with E-state index in [2.05, 4.69) is 6.58 Å². The molecule has 1 aromatic carbocycles. The van der Waals surface area contributed by atoms with Gasteiger partial charge in [0.15, 0.2) is 0 Å². The van der Waals surface area contributed by atoms with Gasteiger partial charge in [0.25, 0.3) is 0 Å². The first-order valence-corrected chi connectivity index (χ1v) is 4.78.